The number of carbonyl (C=O) groups excluding carboxylic acids is 1. The third-order valence-electron chi connectivity index (χ3n) is 2.79. The first-order valence-corrected chi connectivity index (χ1v) is 7.41. The van der Waals surface area contributed by atoms with Gasteiger partial charge in [-0.15, -0.1) is 11.3 Å². The Morgan fingerprint density at radius 3 is 3.00 bits per heavy atom. The third-order valence-corrected chi connectivity index (χ3v) is 4.38. The number of anilines is 1. The van der Waals surface area contributed by atoms with Gasteiger partial charge in [-0.1, -0.05) is 6.07 Å². The summed E-state index contributed by atoms with van der Waals surface area (Å²) < 4.78 is 14.6. The molecule has 0 aliphatic carbocycles. The van der Waals surface area contributed by atoms with Crippen LogP contribution in [0.25, 0.3) is 10.2 Å². The number of rotatable bonds is 2. The smallest absolute Gasteiger partial charge is 0.256 e. The van der Waals surface area contributed by atoms with Gasteiger partial charge in [-0.2, -0.15) is 0 Å². The van der Waals surface area contributed by atoms with Gasteiger partial charge in [0.25, 0.3) is 5.91 Å². The average Bonchev–Trinajstić information content (AvgIpc) is 2.89. The highest BCUT2D eigenvalue weighted by Gasteiger charge is 2.13. The van der Waals surface area contributed by atoms with Gasteiger partial charge in [-0.3, -0.25) is 4.79 Å². The summed E-state index contributed by atoms with van der Waals surface area (Å²) in [6.07, 6.45) is 0. The average molecular weight is 351 g/mol. The Morgan fingerprint density at radius 2 is 2.15 bits per heavy atom. The summed E-state index contributed by atoms with van der Waals surface area (Å²) >= 11 is 4.58. The first-order valence-electron chi connectivity index (χ1n) is 5.74. The molecule has 20 heavy (non-hydrogen) atoms. The topological polar surface area (TPSA) is 42.0 Å². The molecule has 3 nitrogen and oxygen atoms in total. The van der Waals surface area contributed by atoms with Crippen LogP contribution in [0, 0.1) is 5.82 Å². The quantitative estimate of drug-likeness (QED) is 0.741. The second-order valence-electron chi connectivity index (χ2n) is 4.09. The Balaban J connectivity index is 1.90. The van der Waals surface area contributed by atoms with Crippen molar-refractivity contribution in [2.75, 3.05) is 5.32 Å². The minimum atomic E-state index is -0.462. The second kappa shape index (κ2) is 5.30. The van der Waals surface area contributed by atoms with Crippen molar-refractivity contribution in [2.45, 2.75) is 0 Å². The predicted octanol–water partition coefficient (Wildman–Crippen LogP) is 4.45. The van der Waals surface area contributed by atoms with Gasteiger partial charge in [-0.05, 0) is 46.3 Å². The number of aromatic nitrogens is 1. The van der Waals surface area contributed by atoms with Crippen molar-refractivity contribution in [3.8, 4) is 0 Å². The van der Waals surface area contributed by atoms with Crippen LogP contribution in [-0.2, 0) is 0 Å². The summed E-state index contributed by atoms with van der Waals surface area (Å²) in [5.74, 6) is -0.823. The normalized spacial score (nSPS) is 10.7. The van der Waals surface area contributed by atoms with Crippen LogP contribution >= 0.6 is 27.3 Å². The van der Waals surface area contributed by atoms with E-state index in [4.69, 9.17) is 0 Å². The van der Waals surface area contributed by atoms with E-state index in [9.17, 15) is 9.18 Å². The van der Waals surface area contributed by atoms with Crippen molar-refractivity contribution in [1.82, 2.24) is 4.98 Å². The summed E-state index contributed by atoms with van der Waals surface area (Å²) in [5.41, 5.74) is 3.55. The van der Waals surface area contributed by atoms with Crippen LogP contribution in [0.2, 0.25) is 0 Å². The van der Waals surface area contributed by atoms with Gasteiger partial charge in [0.05, 0.1) is 25.8 Å². The van der Waals surface area contributed by atoms with E-state index in [1.54, 1.807) is 17.6 Å². The summed E-state index contributed by atoms with van der Waals surface area (Å²) in [6, 6.07) is 9.81. The monoisotopic (exact) mass is 350 g/mol. The van der Waals surface area contributed by atoms with Gasteiger partial charge in [0.1, 0.15) is 5.82 Å². The van der Waals surface area contributed by atoms with E-state index < -0.39 is 5.82 Å². The molecule has 0 spiro atoms. The highest BCUT2D eigenvalue weighted by atomic mass is 79.9. The van der Waals surface area contributed by atoms with E-state index in [1.165, 1.54) is 23.5 Å². The van der Waals surface area contributed by atoms with E-state index in [1.807, 2.05) is 12.1 Å². The van der Waals surface area contributed by atoms with Crippen LogP contribution in [0.5, 0.6) is 0 Å². The number of amides is 1. The van der Waals surface area contributed by atoms with Gasteiger partial charge in [0.2, 0.25) is 0 Å². The van der Waals surface area contributed by atoms with Crippen LogP contribution in [0.1, 0.15) is 10.4 Å². The molecule has 100 valence electrons. The number of benzene rings is 2. The molecule has 0 atom stereocenters. The molecule has 2 aromatic carbocycles. The maximum absolute atomic E-state index is 13.4. The molecule has 0 aliphatic rings. The number of fused-ring (bicyclic) bond motifs is 1. The Bertz CT molecular complexity index is 803. The molecule has 0 aliphatic heterocycles. The lowest BCUT2D eigenvalue weighted by atomic mass is 10.2. The summed E-state index contributed by atoms with van der Waals surface area (Å²) in [7, 11) is 0. The van der Waals surface area contributed by atoms with Crippen LogP contribution < -0.4 is 5.32 Å². The van der Waals surface area contributed by atoms with Crippen LogP contribution in [0.4, 0.5) is 10.1 Å². The lowest BCUT2D eigenvalue weighted by Gasteiger charge is -2.07. The number of nitrogens with one attached hydrogen (secondary N) is 1. The zero-order valence-corrected chi connectivity index (χ0v) is 12.5. The number of thiazole rings is 1. The van der Waals surface area contributed by atoms with Crippen LogP contribution in [0.15, 0.2) is 46.4 Å². The van der Waals surface area contributed by atoms with E-state index in [2.05, 4.69) is 26.2 Å². The molecule has 3 rings (SSSR count). The molecule has 0 unspecified atom stereocenters. The maximum Gasteiger partial charge on any atom is 0.256 e. The number of hydrogen-bond acceptors (Lipinski definition) is 3. The fraction of sp³-hybridized carbons (Fsp3) is 0. The molecule has 1 amide bonds. The minimum absolute atomic E-state index is 0.163. The summed E-state index contributed by atoms with van der Waals surface area (Å²) in [5, 5.41) is 2.75. The number of carbonyl (C=O) groups is 1. The lowest BCUT2D eigenvalue weighted by molar-refractivity contribution is 0.102. The van der Waals surface area contributed by atoms with Crippen molar-refractivity contribution < 1.29 is 9.18 Å². The predicted molar refractivity (Wildman–Crippen MR) is 81.7 cm³/mol. The summed E-state index contributed by atoms with van der Waals surface area (Å²) in [6.45, 7) is 0. The molecule has 0 saturated heterocycles. The molecule has 0 saturated carbocycles. The molecule has 6 heteroatoms. The summed E-state index contributed by atoms with van der Waals surface area (Å²) in [4.78, 5) is 16.3. The Morgan fingerprint density at radius 1 is 1.30 bits per heavy atom. The Labute approximate surface area is 126 Å². The molecule has 1 N–H and O–H groups in total. The Hall–Kier alpha value is -1.79. The van der Waals surface area contributed by atoms with Crippen molar-refractivity contribution in [2.24, 2.45) is 0 Å². The SMILES string of the molecule is O=C(Nc1ccc2ncsc2c1)c1cccc(F)c1Br. The molecule has 0 radical (unpaired) electrons. The maximum atomic E-state index is 13.4. The van der Waals surface area contributed by atoms with Gasteiger partial charge >= 0.3 is 0 Å². The zero-order valence-electron chi connectivity index (χ0n) is 10.1. The molecule has 0 bridgehead atoms. The van der Waals surface area contributed by atoms with Crippen molar-refractivity contribution in [1.29, 1.82) is 0 Å². The first kappa shape index (κ1) is 13.2. The van der Waals surface area contributed by atoms with Crippen LogP contribution in [-0.4, -0.2) is 10.9 Å². The molecular weight excluding hydrogens is 343 g/mol. The van der Waals surface area contributed by atoms with E-state index in [0.717, 1.165) is 10.2 Å². The molecule has 3 aromatic rings. The molecule has 1 aromatic heterocycles. The van der Waals surface area contributed by atoms with Gasteiger partial charge in [0.15, 0.2) is 0 Å². The zero-order chi connectivity index (χ0) is 14.1. The van der Waals surface area contributed by atoms with Gasteiger partial charge in [0, 0.05) is 5.69 Å². The van der Waals surface area contributed by atoms with E-state index in [0.29, 0.717) is 5.69 Å². The van der Waals surface area contributed by atoms with E-state index >= 15 is 0 Å². The standard InChI is InChI=1S/C14H8BrFN2OS/c15-13-9(2-1-3-10(13)16)14(19)18-8-4-5-11-12(6-8)20-7-17-11/h1-7H,(H,18,19). The number of halogens is 2. The Kier molecular flexibility index (Phi) is 3.50. The van der Waals surface area contributed by atoms with Crippen molar-refractivity contribution in [3.63, 3.8) is 0 Å². The second-order valence-corrected chi connectivity index (χ2v) is 5.77. The fourth-order valence-corrected chi connectivity index (χ4v) is 2.97. The first-order chi connectivity index (χ1) is 9.65. The number of hydrogen-bond donors (Lipinski definition) is 1. The van der Waals surface area contributed by atoms with E-state index in [-0.39, 0.29) is 15.9 Å². The highest BCUT2D eigenvalue weighted by Crippen LogP contribution is 2.24. The molecular formula is C14H8BrFN2OS. The molecule has 1 heterocycles. The lowest BCUT2D eigenvalue weighted by Crippen LogP contribution is -2.12. The van der Waals surface area contributed by atoms with Gasteiger partial charge < -0.3 is 5.32 Å². The fourth-order valence-electron chi connectivity index (χ4n) is 1.81. The molecule has 0 fully saturated rings. The number of nitrogens with zero attached hydrogens (tertiary/aromatic N) is 1. The van der Waals surface area contributed by atoms with Crippen molar-refractivity contribution >= 4 is 49.1 Å². The third kappa shape index (κ3) is 2.44. The van der Waals surface area contributed by atoms with Crippen LogP contribution in [0.3, 0.4) is 0 Å². The van der Waals surface area contributed by atoms with Gasteiger partial charge in [-0.25, -0.2) is 9.37 Å². The minimum Gasteiger partial charge on any atom is -0.322 e. The largest absolute Gasteiger partial charge is 0.322 e. The van der Waals surface area contributed by atoms with Crippen molar-refractivity contribution in [3.05, 3.63) is 57.8 Å². The highest BCUT2D eigenvalue weighted by molar-refractivity contribution is 9.10.